The first-order valence-corrected chi connectivity index (χ1v) is 13.5. The fourth-order valence-electron chi connectivity index (χ4n) is 4.48. The highest BCUT2D eigenvalue weighted by molar-refractivity contribution is 7.90. The molecule has 38 heavy (non-hydrogen) atoms. The molecule has 3 aromatic rings. The molecule has 0 bridgehead atoms. The summed E-state index contributed by atoms with van der Waals surface area (Å²) in [6.07, 6.45) is 1.51. The second kappa shape index (κ2) is 9.90. The van der Waals surface area contributed by atoms with E-state index in [1.165, 1.54) is 50.6 Å². The molecule has 2 aliphatic heterocycles. The van der Waals surface area contributed by atoms with Crippen LogP contribution in [0.4, 0.5) is 0 Å². The molecule has 1 amide bonds. The number of hydrogen-bond acceptors (Lipinski definition) is 9. The van der Waals surface area contributed by atoms with Crippen molar-refractivity contribution in [3.63, 3.8) is 0 Å². The zero-order chi connectivity index (χ0) is 27.0. The molecule has 0 spiro atoms. The largest absolute Gasteiger partial charge is 0.493 e. The summed E-state index contributed by atoms with van der Waals surface area (Å²) >= 11 is 0. The molecule has 0 fully saturated rings. The average molecular weight is 539 g/mol. The zero-order valence-electron chi connectivity index (χ0n) is 21.3. The number of benzene rings is 3. The Morgan fingerprint density at radius 3 is 2.18 bits per heavy atom. The first-order valence-electron chi connectivity index (χ1n) is 11.6. The van der Waals surface area contributed by atoms with E-state index in [0.29, 0.717) is 52.0 Å². The van der Waals surface area contributed by atoms with Crippen molar-refractivity contribution in [2.75, 3.05) is 34.4 Å². The molecule has 11 heteroatoms. The molecule has 0 N–H and O–H groups in total. The average Bonchev–Trinajstić information content (AvgIpc) is 3.58. The standard InChI is InChI=1S/C27H26N2O8S/c1-33-24-12-18(13-25(34-2)26(24)35-3)20-14-21(17-7-10-22-23(11-17)37-15-36-22)29(28-20)27(30)16-5-8-19(9-6-16)38(4,31)32/h5-13,21H,14-15H2,1-4H3. The summed E-state index contributed by atoms with van der Waals surface area (Å²) in [6, 6.07) is 14.4. The lowest BCUT2D eigenvalue weighted by atomic mass is 9.97. The second-order valence-electron chi connectivity index (χ2n) is 8.74. The van der Waals surface area contributed by atoms with Gasteiger partial charge in [0.15, 0.2) is 32.8 Å². The van der Waals surface area contributed by atoms with Gasteiger partial charge in [0.05, 0.1) is 38.0 Å². The van der Waals surface area contributed by atoms with Gasteiger partial charge >= 0.3 is 0 Å². The molecule has 1 unspecified atom stereocenters. The van der Waals surface area contributed by atoms with E-state index >= 15 is 0 Å². The third kappa shape index (κ3) is 4.60. The number of amides is 1. The molecule has 2 aliphatic rings. The summed E-state index contributed by atoms with van der Waals surface area (Å²) in [6.45, 7) is 0.131. The van der Waals surface area contributed by atoms with Crippen LogP contribution in [0.1, 0.15) is 33.9 Å². The van der Waals surface area contributed by atoms with E-state index < -0.39 is 15.9 Å². The van der Waals surface area contributed by atoms with Gasteiger partial charge in [0.2, 0.25) is 12.5 Å². The molecule has 3 aromatic carbocycles. The number of carbonyl (C=O) groups excluding carboxylic acids is 1. The van der Waals surface area contributed by atoms with Gasteiger partial charge in [-0.15, -0.1) is 0 Å². The Morgan fingerprint density at radius 1 is 0.921 bits per heavy atom. The topological polar surface area (TPSA) is 113 Å². The number of methoxy groups -OCH3 is 3. The maximum atomic E-state index is 13.7. The summed E-state index contributed by atoms with van der Waals surface area (Å²) < 4.78 is 51.2. The number of carbonyl (C=O) groups is 1. The third-order valence-electron chi connectivity index (χ3n) is 6.43. The van der Waals surface area contributed by atoms with Crippen molar-refractivity contribution in [1.29, 1.82) is 0 Å². The summed E-state index contributed by atoms with van der Waals surface area (Å²) in [5.41, 5.74) is 2.44. The normalized spacial score (nSPS) is 16.3. The molecule has 10 nitrogen and oxygen atoms in total. The van der Waals surface area contributed by atoms with Crippen molar-refractivity contribution in [3.05, 3.63) is 71.3 Å². The van der Waals surface area contributed by atoms with Crippen LogP contribution in [0.15, 0.2) is 64.6 Å². The van der Waals surface area contributed by atoms with Crippen LogP contribution < -0.4 is 23.7 Å². The first-order chi connectivity index (χ1) is 18.2. The molecule has 0 aromatic heterocycles. The van der Waals surface area contributed by atoms with E-state index in [-0.39, 0.29) is 17.6 Å². The van der Waals surface area contributed by atoms with Crippen molar-refractivity contribution in [2.45, 2.75) is 17.4 Å². The molecule has 0 aliphatic carbocycles. The Kier molecular flexibility index (Phi) is 6.62. The van der Waals surface area contributed by atoms with Crippen LogP contribution in [-0.4, -0.2) is 59.4 Å². The van der Waals surface area contributed by atoms with E-state index in [1.54, 1.807) is 18.2 Å². The van der Waals surface area contributed by atoms with Gasteiger partial charge in [-0.05, 0) is 54.1 Å². The van der Waals surface area contributed by atoms with Crippen LogP contribution in [0.5, 0.6) is 28.7 Å². The molecule has 2 heterocycles. The van der Waals surface area contributed by atoms with E-state index in [9.17, 15) is 13.2 Å². The van der Waals surface area contributed by atoms with Crippen LogP contribution >= 0.6 is 0 Å². The SMILES string of the molecule is COc1cc(C2=NN(C(=O)c3ccc(S(C)(=O)=O)cc3)C(c3ccc4c(c3)OCO4)C2)cc(OC)c1OC. The van der Waals surface area contributed by atoms with Gasteiger partial charge in [0, 0.05) is 23.8 Å². The van der Waals surface area contributed by atoms with Gasteiger partial charge in [0.25, 0.3) is 5.91 Å². The van der Waals surface area contributed by atoms with Crippen molar-refractivity contribution in [3.8, 4) is 28.7 Å². The van der Waals surface area contributed by atoms with Crippen LogP contribution in [0.25, 0.3) is 0 Å². The third-order valence-corrected chi connectivity index (χ3v) is 7.56. The predicted molar refractivity (Wildman–Crippen MR) is 138 cm³/mol. The Bertz CT molecular complexity index is 1510. The Balaban J connectivity index is 1.57. The van der Waals surface area contributed by atoms with Gasteiger partial charge in [-0.25, -0.2) is 13.4 Å². The van der Waals surface area contributed by atoms with E-state index in [2.05, 4.69) is 0 Å². The summed E-state index contributed by atoms with van der Waals surface area (Å²) in [5, 5.41) is 6.13. The quantitative estimate of drug-likeness (QED) is 0.446. The van der Waals surface area contributed by atoms with Crippen LogP contribution in [-0.2, 0) is 9.84 Å². The summed E-state index contributed by atoms with van der Waals surface area (Å²) in [7, 11) is 1.19. The zero-order valence-corrected chi connectivity index (χ0v) is 22.1. The predicted octanol–water partition coefficient (Wildman–Crippen LogP) is 3.84. The first kappa shape index (κ1) is 25.4. The lowest BCUT2D eigenvalue weighted by Gasteiger charge is -2.22. The van der Waals surface area contributed by atoms with E-state index in [4.69, 9.17) is 28.8 Å². The number of ether oxygens (including phenoxy) is 5. The van der Waals surface area contributed by atoms with Crippen LogP contribution in [0.3, 0.4) is 0 Å². The van der Waals surface area contributed by atoms with Crippen molar-refractivity contribution in [2.24, 2.45) is 5.10 Å². The number of rotatable bonds is 7. The van der Waals surface area contributed by atoms with Gasteiger partial charge < -0.3 is 23.7 Å². The Hall–Kier alpha value is -4.25. The smallest absolute Gasteiger partial charge is 0.274 e. The minimum Gasteiger partial charge on any atom is -0.493 e. The molecule has 0 saturated heterocycles. The maximum Gasteiger partial charge on any atom is 0.274 e. The molecule has 5 rings (SSSR count). The van der Waals surface area contributed by atoms with Gasteiger partial charge in [-0.3, -0.25) is 4.79 Å². The number of hydrogen-bond donors (Lipinski definition) is 0. The molecular formula is C27H26N2O8S. The summed E-state index contributed by atoms with van der Waals surface area (Å²) in [4.78, 5) is 13.8. The Labute approximate surface area is 220 Å². The Morgan fingerprint density at radius 2 is 1.58 bits per heavy atom. The van der Waals surface area contributed by atoms with Crippen molar-refractivity contribution < 1.29 is 36.9 Å². The highest BCUT2D eigenvalue weighted by Gasteiger charge is 2.35. The maximum absolute atomic E-state index is 13.7. The fourth-order valence-corrected chi connectivity index (χ4v) is 5.11. The number of fused-ring (bicyclic) bond motifs is 1. The minimum absolute atomic E-state index is 0.129. The summed E-state index contributed by atoms with van der Waals surface area (Å²) in [5.74, 6) is 2.22. The van der Waals surface area contributed by atoms with Gasteiger partial charge in [-0.2, -0.15) is 5.10 Å². The molecule has 1 atom stereocenters. The van der Waals surface area contributed by atoms with E-state index in [1.807, 2.05) is 12.1 Å². The van der Waals surface area contributed by atoms with Crippen LogP contribution in [0, 0.1) is 0 Å². The van der Waals surface area contributed by atoms with Crippen molar-refractivity contribution >= 4 is 21.5 Å². The number of sulfone groups is 1. The van der Waals surface area contributed by atoms with Gasteiger partial charge in [0.1, 0.15) is 0 Å². The second-order valence-corrected chi connectivity index (χ2v) is 10.8. The van der Waals surface area contributed by atoms with Crippen molar-refractivity contribution in [1.82, 2.24) is 5.01 Å². The minimum atomic E-state index is -3.40. The van der Waals surface area contributed by atoms with Gasteiger partial charge in [-0.1, -0.05) is 6.07 Å². The fraction of sp³-hybridized carbons (Fsp3) is 0.259. The lowest BCUT2D eigenvalue weighted by Crippen LogP contribution is -2.27. The molecule has 198 valence electrons. The molecule has 0 radical (unpaired) electrons. The monoisotopic (exact) mass is 538 g/mol. The number of nitrogens with zero attached hydrogens (tertiary/aromatic N) is 2. The molecular weight excluding hydrogens is 512 g/mol. The number of hydrazone groups is 1. The highest BCUT2D eigenvalue weighted by Crippen LogP contribution is 2.43. The van der Waals surface area contributed by atoms with Crippen LogP contribution in [0.2, 0.25) is 0 Å². The van der Waals surface area contributed by atoms with E-state index in [0.717, 1.165) is 11.8 Å². The highest BCUT2D eigenvalue weighted by atomic mass is 32.2. The molecule has 0 saturated carbocycles. The lowest BCUT2D eigenvalue weighted by molar-refractivity contribution is 0.0711.